The van der Waals surface area contributed by atoms with Crippen LogP contribution in [0.4, 0.5) is 0 Å². The molecule has 0 aromatic carbocycles. The Morgan fingerprint density at radius 1 is 1.33 bits per heavy atom. The molecule has 1 saturated carbocycles. The molecule has 1 heterocycles. The highest BCUT2D eigenvalue weighted by Gasteiger charge is 2.31. The number of carbonyl (C=O) groups excluding carboxylic acids is 2. The number of rotatable bonds is 4. The first-order chi connectivity index (χ1) is 8.58. The zero-order chi connectivity index (χ0) is 13.1. The first-order valence-corrected chi connectivity index (χ1v) is 6.85. The van der Waals surface area contributed by atoms with Crippen molar-refractivity contribution < 1.29 is 9.59 Å². The van der Waals surface area contributed by atoms with Crippen molar-refractivity contribution in [3.8, 4) is 0 Å². The van der Waals surface area contributed by atoms with Gasteiger partial charge in [-0.25, -0.2) is 0 Å². The second-order valence-electron chi connectivity index (χ2n) is 5.59. The summed E-state index contributed by atoms with van der Waals surface area (Å²) in [7, 11) is 1.71. The lowest BCUT2D eigenvalue weighted by molar-refractivity contribution is -0.137. The minimum atomic E-state index is -0.127. The smallest absolute Gasteiger partial charge is 0.240 e. The Labute approximate surface area is 108 Å². The van der Waals surface area contributed by atoms with Gasteiger partial charge in [0.25, 0.3) is 0 Å². The van der Waals surface area contributed by atoms with Crippen LogP contribution in [0.1, 0.15) is 32.6 Å². The predicted octanol–water partition coefficient (Wildman–Crippen LogP) is 0.112. The van der Waals surface area contributed by atoms with Crippen molar-refractivity contribution in [1.29, 1.82) is 0 Å². The Balaban J connectivity index is 1.80. The first-order valence-electron chi connectivity index (χ1n) is 6.85. The van der Waals surface area contributed by atoms with Crippen LogP contribution in [0.25, 0.3) is 0 Å². The van der Waals surface area contributed by atoms with Crippen molar-refractivity contribution in [2.45, 2.75) is 44.7 Å². The van der Waals surface area contributed by atoms with E-state index in [0.29, 0.717) is 12.0 Å². The predicted molar refractivity (Wildman–Crippen MR) is 69.0 cm³/mol. The van der Waals surface area contributed by atoms with Gasteiger partial charge >= 0.3 is 0 Å². The molecule has 2 N–H and O–H groups in total. The molecule has 2 rings (SSSR count). The molecule has 0 spiro atoms. The van der Waals surface area contributed by atoms with Crippen LogP contribution in [0.3, 0.4) is 0 Å². The summed E-state index contributed by atoms with van der Waals surface area (Å²) in [6.45, 7) is 3.15. The maximum absolute atomic E-state index is 12.2. The lowest BCUT2D eigenvalue weighted by Gasteiger charge is -2.32. The third kappa shape index (κ3) is 3.45. The summed E-state index contributed by atoms with van der Waals surface area (Å²) >= 11 is 0. The number of nitrogens with one attached hydrogen (secondary N) is 2. The molecule has 2 fully saturated rings. The van der Waals surface area contributed by atoms with Gasteiger partial charge in [0.05, 0.1) is 12.6 Å². The van der Waals surface area contributed by atoms with Crippen LogP contribution in [-0.2, 0) is 9.59 Å². The minimum absolute atomic E-state index is 0.0353. The van der Waals surface area contributed by atoms with E-state index in [0.717, 1.165) is 32.2 Å². The van der Waals surface area contributed by atoms with E-state index in [2.05, 4.69) is 17.6 Å². The topological polar surface area (TPSA) is 61.4 Å². The van der Waals surface area contributed by atoms with Crippen LogP contribution in [0.15, 0.2) is 0 Å². The molecule has 5 nitrogen and oxygen atoms in total. The number of hydrogen-bond acceptors (Lipinski definition) is 3. The molecule has 1 aliphatic carbocycles. The molecule has 1 aliphatic heterocycles. The first kappa shape index (κ1) is 13.3. The summed E-state index contributed by atoms with van der Waals surface area (Å²) < 4.78 is 0. The van der Waals surface area contributed by atoms with Crippen LogP contribution < -0.4 is 10.6 Å². The highest BCUT2D eigenvalue weighted by Crippen LogP contribution is 2.19. The van der Waals surface area contributed by atoms with Gasteiger partial charge in [-0.2, -0.15) is 0 Å². The molecule has 0 bridgehead atoms. The minimum Gasteiger partial charge on any atom is -0.352 e. The fraction of sp³-hybridized carbons (Fsp3) is 0.846. The SMILES string of the molecule is CC1CCCNC1C(=O)N(C)CC(=O)NC1CC1. The second-order valence-corrected chi connectivity index (χ2v) is 5.59. The Morgan fingerprint density at radius 3 is 2.67 bits per heavy atom. The summed E-state index contributed by atoms with van der Waals surface area (Å²) in [4.78, 5) is 25.4. The standard InChI is InChI=1S/C13H23N3O2/c1-9-4-3-7-14-12(9)13(18)16(2)8-11(17)15-10-5-6-10/h9-10,12,14H,3-8H2,1-2H3,(H,15,17). The zero-order valence-corrected chi connectivity index (χ0v) is 11.2. The maximum atomic E-state index is 12.2. The van der Waals surface area contributed by atoms with E-state index < -0.39 is 0 Å². The molecule has 0 aromatic rings. The van der Waals surface area contributed by atoms with E-state index in [1.165, 1.54) is 4.90 Å². The molecule has 2 atom stereocenters. The molecular formula is C13H23N3O2. The summed E-state index contributed by atoms with van der Waals surface area (Å²) in [6.07, 6.45) is 4.34. The third-order valence-electron chi connectivity index (χ3n) is 3.74. The van der Waals surface area contributed by atoms with Crippen molar-refractivity contribution in [2.24, 2.45) is 5.92 Å². The van der Waals surface area contributed by atoms with Crippen LogP contribution >= 0.6 is 0 Å². The van der Waals surface area contributed by atoms with Gasteiger partial charge in [-0.1, -0.05) is 6.92 Å². The zero-order valence-electron chi connectivity index (χ0n) is 11.2. The van der Waals surface area contributed by atoms with Gasteiger partial charge in [0.15, 0.2) is 0 Å². The Bertz CT molecular complexity index is 328. The van der Waals surface area contributed by atoms with Gasteiger partial charge < -0.3 is 15.5 Å². The molecule has 0 radical (unpaired) electrons. The average molecular weight is 253 g/mol. The van der Waals surface area contributed by atoms with E-state index in [1.807, 2.05) is 0 Å². The molecule has 0 aromatic heterocycles. The van der Waals surface area contributed by atoms with Crippen molar-refractivity contribution in [2.75, 3.05) is 20.1 Å². The lowest BCUT2D eigenvalue weighted by atomic mass is 9.92. The van der Waals surface area contributed by atoms with Gasteiger partial charge in [-0.05, 0) is 38.1 Å². The fourth-order valence-electron chi connectivity index (χ4n) is 2.41. The highest BCUT2D eigenvalue weighted by atomic mass is 16.2. The molecule has 5 heteroatoms. The van der Waals surface area contributed by atoms with Crippen LogP contribution in [0.5, 0.6) is 0 Å². The number of piperidine rings is 1. The number of nitrogens with zero attached hydrogens (tertiary/aromatic N) is 1. The average Bonchev–Trinajstić information content (AvgIpc) is 3.12. The number of likely N-dealkylation sites (N-methyl/N-ethyl adjacent to an activating group) is 1. The van der Waals surface area contributed by atoms with E-state index in [9.17, 15) is 9.59 Å². The molecule has 18 heavy (non-hydrogen) atoms. The molecule has 102 valence electrons. The molecule has 2 aliphatic rings. The van der Waals surface area contributed by atoms with Gasteiger partial charge in [-0.3, -0.25) is 9.59 Å². The van der Waals surface area contributed by atoms with Gasteiger partial charge in [0, 0.05) is 13.1 Å². The van der Waals surface area contributed by atoms with Crippen LogP contribution in [-0.4, -0.2) is 48.9 Å². The number of hydrogen-bond donors (Lipinski definition) is 2. The van der Waals surface area contributed by atoms with E-state index in [1.54, 1.807) is 7.05 Å². The molecular weight excluding hydrogens is 230 g/mol. The van der Waals surface area contributed by atoms with Crippen molar-refractivity contribution >= 4 is 11.8 Å². The Hall–Kier alpha value is -1.10. The van der Waals surface area contributed by atoms with E-state index in [4.69, 9.17) is 0 Å². The fourth-order valence-corrected chi connectivity index (χ4v) is 2.41. The summed E-state index contributed by atoms with van der Waals surface area (Å²) in [6, 6.07) is 0.227. The van der Waals surface area contributed by atoms with Crippen LogP contribution in [0, 0.1) is 5.92 Å². The summed E-state index contributed by atoms with van der Waals surface area (Å²) in [5.74, 6) is 0.338. The second kappa shape index (κ2) is 5.69. The molecule has 2 amide bonds. The van der Waals surface area contributed by atoms with Gasteiger partial charge in [0.2, 0.25) is 11.8 Å². The lowest BCUT2D eigenvalue weighted by Crippen LogP contribution is -2.53. The summed E-state index contributed by atoms with van der Waals surface area (Å²) in [5.41, 5.74) is 0. The summed E-state index contributed by atoms with van der Waals surface area (Å²) in [5, 5.41) is 6.15. The maximum Gasteiger partial charge on any atom is 0.240 e. The van der Waals surface area contributed by atoms with Gasteiger partial charge in [0.1, 0.15) is 0 Å². The Kier molecular flexibility index (Phi) is 4.22. The molecule has 1 saturated heterocycles. The monoisotopic (exact) mass is 253 g/mol. The highest BCUT2D eigenvalue weighted by molar-refractivity contribution is 5.87. The normalized spacial score (nSPS) is 27.7. The Morgan fingerprint density at radius 2 is 2.06 bits per heavy atom. The van der Waals surface area contributed by atoms with Gasteiger partial charge in [-0.15, -0.1) is 0 Å². The molecule has 2 unspecified atom stereocenters. The van der Waals surface area contributed by atoms with E-state index in [-0.39, 0.29) is 24.4 Å². The van der Waals surface area contributed by atoms with Crippen molar-refractivity contribution in [1.82, 2.24) is 15.5 Å². The van der Waals surface area contributed by atoms with Crippen LogP contribution in [0.2, 0.25) is 0 Å². The number of amides is 2. The van der Waals surface area contributed by atoms with Crippen molar-refractivity contribution in [3.63, 3.8) is 0 Å². The largest absolute Gasteiger partial charge is 0.352 e. The third-order valence-corrected chi connectivity index (χ3v) is 3.74. The van der Waals surface area contributed by atoms with Crippen molar-refractivity contribution in [3.05, 3.63) is 0 Å². The van der Waals surface area contributed by atoms with E-state index >= 15 is 0 Å². The number of carbonyl (C=O) groups is 2. The quantitative estimate of drug-likeness (QED) is 0.747.